The van der Waals surface area contributed by atoms with Gasteiger partial charge in [0.05, 0.1) is 0 Å². The van der Waals surface area contributed by atoms with Gasteiger partial charge in [0, 0.05) is 24.4 Å². The molecule has 0 aliphatic carbocycles. The highest BCUT2D eigenvalue weighted by atomic mass is 79.9. The predicted octanol–water partition coefficient (Wildman–Crippen LogP) is 5.22. The number of carbonyl (C=O) groups is 1. The Bertz CT molecular complexity index is 926. The first-order valence-electron chi connectivity index (χ1n) is 8.73. The Hall–Kier alpha value is -2.66. The normalized spacial score (nSPS) is 11.7. The molecule has 4 nitrogen and oxygen atoms in total. The maximum atomic E-state index is 12.5. The lowest BCUT2D eigenvalue weighted by molar-refractivity contribution is 0.0950. The number of hydrogen-bond acceptors (Lipinski definition) is 3. The van der Waals surface area contributed by atoms with E-state index in [1.165, 1.54) is 5.56 Å². The maximum absolute atomic E-state index is 12.5. The molecule has 3 aromatic rings. The van der Waals surface area contributed by atoms with E-state index in [1.54, 1.807) is 12.3 Å². The summed E-state index contributed by atoms with van der Waals surface area (Å²) in [5, 5.41) is 2.96. The maximum Gasteiger partial charge on any atom is 0.251 e. The molecular formula is C22H21BrN2O2. The standard InChI is InChI=1S/C22H21BrN2O2/c1-15-6-8-17(9-7-15)14-25-22(26)19-5-3-4-18(12-19)16(2)27-20-10-11-24-21(23)13-20/h3-13,16H,14H2,1-2H3,(H,25,26). The molecule has 2 aromatic carbocycles. The van der Waals surface area contributed by atoms with Gasteiger partial charge in [0.1, 0.15) is 16.5 Å². The Labute approximate surface area is 167 Å². The smallest absolute Gasteiger partial charge is 0.251 e. The number of nitrogens with one attached hydrogen (secondary N) is 1. The number of ether oxygens (including phenoxy) is 1. The molecule has 5 heteroatoms. The van der Waals surface area contributed by atoms with Gasteiger partial charge in [0.25, 0.3) is 5.91 Å². The summed E-state index contributed by atoms with van der Waals surface area (Å²) in [6, 6.07) is 19.2. The summed E-state index contributed by atoms with van der Waals surface area (Å²) >= 11 is 3.34. The predicted molar refractivity (Wildman–Crippen MR) is 110 cm³/mol. The molecule has 27 heavy (non-hydrogen) atoms. The van der Waals surface area contributed by atoms with Crippen LogP contribution in [0.3, 0.4) is 0 Å². The molecule has 138 valence electrons. The SMILES string of the molecule is Cc1ccc(CNC(=O)c2cccc(C(C)Oc3ccnc(Br)c3)c2)cc1. The van der Waals surface area contributed by atoms with Gasteiger partial charge in [-0.1, -0.05) is 42.0 Å². The van der Waals surface area contributed by atoms with Crippen LogP contribution in [0.15, 0.2) is 71.5 Å². The van der Waals surface area contributed by atoms with Gasteiger partial charge in [-0.2, -0.15) is 0 Å². The number of pyridine rings is 1. The fourth-order valence-electron chi connectivity index (χ4n) is 2.65. The molecule has 0 fully saturated rings. The molecule has 1 amide bonds. The van der Waals surface area contributed by atoms with Gasteiger partial charge >= 0.3 is 0 Å². The summed E-state index contributed by atoms with van der Waals surface area (Å²) in [5.41, 5.74) is 3.83. The molecular weight excluding hydrogens is 404 g/mol. The van der Waals surface area contributed by atoms with Crippen LogP contribution in [-0.2, 0) is 6.54 Å². The van der Waals surface area contributed by atoms with Crippen molar-refractivity contribution in [3.8, 4) is 5.75 Å². The Kier molecular flexibility index (Phi) is 6.24. The molecule has 0 saturated carbocycles. The Balaban J connectivity index is 1.65. The molecule has 1 atom stereocenters. The molecule has 1 N–H and O–H groups in total. The first-order chi connectivity index (χ1) is 13.0. The van der Waals surface area contributed by atoms with Crippen molar-refractivity contribution in [2.75, 3.05) is 0 Å². The van der Waals surface area contributed by atoms with Crippen LogP contribution in [0.1, 0.15) is 40.1 Å². The van der Waals surface area contributed by atoms with Crippen molar-refractivity contribution >= 4 is 21.8 Å². The number of nitrogens with zero attached hydrogens (tertiary/aromatic N) is 1. The van der Waals surface area contributed by atoms with E-state index in [2.05, 4.69) is 26.2 Å². The Morgan fingerprint density at radius 3 is 2.67 bits per heavy atom. The average molecular weight is 425 g/mol. The van der Waals surface area contributed by atoms with Crippen molar-refractivity contribution in [2.45, 2.75) is 26.5 Å². The van der Waals surface area contributed by atoms with Gasteiger partial charge in [-0.15, -0.1) is 0 Å². The van der Waals surface area contributed by atoms with Gasteiger partial charge in [0.15, 0.2) is 0 Å². The second-order valence-corrected chi connectivity index (χ2v) is 7.18. The van der Waals surface area contributed by atoms with Crippen molar-refractivity contribution < 1.29 is 9.53 Å². The highest BCUT2D eigenvalue weighted by Crippen LogP contribution is 2.23. The molecule has 0 aliphatic rings. The van der Waals surface area contributed by atoms with E-state index in [0.717, 1.165) is 21.5 Å². The summed E-state index contributed by atoms with van der Waals surface area (Å²) in [6.07, 6.45) is 1.49. The number of amides is 1. The Morgan fingerprint density at radius 2 is 1.93 bits per heavy atom. The van der Waals surface area contributed by atoms with E-state index in [-0.39, 0.29) is 12.0 Å². The largest absolute Gasteiger partial charge is 0.486 e. The number of aromatic nitrogens is 1. The quantitative estimate of drug-likeness (QED) is 0.551. The first-order valence-corrected chi connectivity index (χ1v) is 9.52. The zero-order valence-corrected chi connectivity index (χ0v) is 16.9. The van der Waals surface area contributed by atoms with E-state index in [4.69, 9.17) is 4.74 Å². The van der Waals surface area contributed by atoms with Gasteiger partial charge < -0.3 is 10.1 Å². The second-order valence-electron chi connectivity index (χ2n) is 6.37. The molecule has 0 bridgehead atoms. The van der Waals surface area contributed by atoms with E-state index in [9.17, 15) is 4.79 Å². The number of rotatable bonds is 6. The minimum absolute atomic E-state index is 0.101. The van der Waals surface area contributed by atoms with Crippen molar-refractivity contribution in [1.29, 1.82) is 0 Å². The topological polar surface area (TPSA) is 51.2 Å². The third-order valence-corrected chi connectivity index (χ3v) is 4.64. The van der Waals surface area contributed by atoms with Crippen LogP contribution in [0, 0.1) is 6.92 Å². The van der Waals surface area contributed by atoms with Crippen LogP contribution >= 0.6 is 15.9 Å². The zero-order chi connectivity index (χ0) is 19.2. The van der Waals surface area contributed by atoms with E-state index < -0.39 is 0 Å². The van der Waals surface area contributed by atoms with Crippen molar-refractivity contribution in [2.24, 2.45) is 0 Å². The number of benzene rings is 2. The minimum atomic E-state index is -0.191. The summed E-state index contributed by atoms with van der Waals surface area (Å²) < 4.78 is 6.67. The molecule has 0 aliphatic heterocycles. The fraction of sp³-hybridized carbons (Fsp3) is 0.182. The van der Waals surface area contributed by atoms with Crippen LogP contribution in [-0.4, -0.2) is 10.9 Å². The van der Waals surface area contributed by atoms with Crippen molar-refractivity contribution in [3.63, 3.8) is 0 Å². The molecule has 1 unspecified atom stereocenters. The number of aryl methyl sites for hydroxylation is 1. The number of halogens is 1. The first kappa shape index (κ1) is 19.1. The lowest BCUT2D eigenvalue weighted by Gasteiger charge is -2.16. The van der Waals surface area contributed by atoms with Gasteiger partial charge in [-0.05, 0) is 59.1 Å². The number of carbonyl (C=O) groups excluding carboxylic acids is 1. The van der Waals surface area contributed by atoms with E-state index >= 15 is 0 Å². The van der Waals surface area contributed by atoms with E-state index in [1.807, 2.05) is 68.4 Å². The third-order valence-electron chi connectivity index (χ3n) is 4.20. The zero-order valence-electron chi connectivity index (χ0n) is 15.3. The monoisotopic (exact) mass is 424 g/mol. The van der Waals surface area contributed by atoms with Gasteiger partial charge in [-0.25, -0.2) is 4.98 Å². The highest BCUT2D eigenvalue weighted by molar-refractivity contribution is 9.10. The van der Waals surface area contributed by atoms with Crippen molar-refractivity contribution in [3.05, 3.63) is 93.7 Å². The third kappa shape index (κ3) is 5.41. The average Bonchev–Trinajstić information content (AvgIpc) is 2.67. The number of hydrogen-bond donors (Lipinski definition) is 1. The Morgan fingerprint density at radius 1 is 1.15 bits per heavy atom. The molecule has 0 radical (unpaired) electrons. The lowest BCUT2D eigenvalue weighted by Crippen LogP contribution is -2.23. The van der Waals surface area contributed by atoms with Gasteiger partial charge in [0.2, 0.25) is 0 Å². The van der Waals surface area contributed by atoms with E-state index in [0.29, 0.717) is 12.1 Å². The summed E-state index contributed by atoms with van der Waals surface area (Å²) in [5.74, 6) is 0.620. The van der Waals surface area contributed by atoms with Crippen LogP contribution in [0.2, 0.25) is 0 Å². The second kappa shape index (κ2) is 8.82. The highest BCUT2D eigenvalue weighted by Gasteiger charge is 2.12. The van der Waals surface area contributed by atoms with Crippen LogP contribution < -0.4 is 10.1 Å². The van der Waals surface area contributed by atoms with Gasteiger partial charge in [-0.3, -0.25) is 4.79 Å². The molecule has 0 saturated heterocycles. The fourth-order valence-corrected chi connectivity index (χ4v) is 3.00. The van der Waals surface area contributed by atoms with Crippen molar-refractivity contribution in [1.82, 2.24) is 10.3 Å². The lowest BCUT2D eigenvalue weighted by atomic mass is 10.1. The molecule has 1 aromatic heterocycles. The molecule has 0 spiro atoms. The minimum Gasteiger partial charge on any atom is -0.486 e. The van der Waals surface area contributed by atoms with Crippen LogP contribution in [0.25, 0.3) is 0 Å². The molecule has 1 heterocycles. The molecule has 3 rings (SSSR count). The van der Waals surface area contributed by atoms with Crippen LogP contribution in [0.5, 0.6) is 5.75 Å². The summed E-state index contributed by atoms with van der Waals surface area (Å²) in [6.45, 7) is 4.50. The van der Waals surface area contributed by atoms with Crippen LogP contribution in [0.4, 0.5) is 0 Å². The summed E-state index contributed by atoms with van der Waals surface area (Å²) in [7, 11) is 0. The summed E-state index contributed by atoms with van der Waals surface area (Å²) in [4.78, 5) is 16.6.